The van der Waals surface area contributed by atoms with Crippen molar-refractivity contribution in [3.8, 4) is 5.88 Å². The average molecular weight is 188 g/mol. The van der Waals surface area contributed by atoms with Gasteiger partial charge in [-0.05, 0) is 11.6 Å². The number of rotatable bonds is 2. The Bertz CT molecular complexity index is 454. The first-order chi connectivity index (χ1) is 6.85. The molecule has 1 radical (unpaired) electrons. The van der Waals surface area contributed by atoms with Crippen LogP contribution in [0.1, 0.15) is 5.56 Å². The van der Waals surface area contributed by atoms with Crippen LogP contribution in [0, 0.1) is 0 Å². The maximum atomic E-state index is 10.9. The molecule has 0 bridgehead atoms. The molecule has 14 heavy (non-hydrogen) atoms. The van der Waals surface area contributed by atoms with Crippen LogP contribution in [-0.4, -0.2) is 12.1 Å². The summed E-state index contributed by atoms with van der Waals surface area (Å²) in [7, 11) is 1.55. The van der Waals surface area contributed by atoms with Gasteiger partial charge < -0.3 is 4.74 Å². The van der Waals surface area contributed by atoms with E-state index >= 15 is 0 Å². The number of hydrogen-bond donors (Lipinski definition) is 0. The summed E-state index contributed by atoms with van der Waals surface area (Å²) in [6.45, 7) is -0.251. The van der Waals surface area contributed by atoms with Crippen molar-refractivity contribution in [2.24, 2.45) is 0 Å². The number of hydrogen-bond acceptors (Lipinski definition) is 2. The van der Waals surface area contributed by atoms with Gasteiger partial charge in [0.15, 0.2) is 0 Å². The number of benzene rings is 1. The van der Waals surface area contributed by atoms with Gasteiger partial charge in [0, 0.05) is 11.5 Å². The quantitative estimate of drug-likeness (QED) is 0.724. The molecule has 71 valence electrons. The highest BCUT2D eigenvalue weighted by Gasteiger charge is 2.04. The number of nitrogens with zero attached hydrogens (tertiary/aromatic N) is 1. The predicted molar refractivity (Wildman–Crippen MR) is 52.7 cm³/mol. The summed E-state index contributed by atoms with van der Waals surface area (Å²) >= 11 is 0. The predicted octanol–water partition coefficient (Wildman–Crippen LogP) is 2.17. The van der Waals surface area contributed by atoms with Crippen LogP contribution in [0.3, 0.4) is 0 Å². The van der Waals surface area contributed by atoms with Crippen LogP contribution in [0.15, 0.2) is 30.3 Å². The van der Waals surface area contributed by atoms with E-state index in [9.17, 15) is 5.11 Å². The minimum Gasteiger partial charge on any atom is -0.481 e. The lowest BCUT2D eigenvalue weighted by molar-refractivity contribution is 0.178. The van der Waals surface area contributed by atoms with Crippen molar-refractivity contribution in [2.75, 3.05) is 7.11 Å². The van der Waals surface area contributed by atoms with E-state index in [-0.39, 0.29) is 6.61 Å². The van der Waals surface area contributed by atoms with Crippen LogP contribution >= 0.6 is 0 Å². The molecule has 0 unspecified atom stereocenters. The van der Waals surface area contributed by atoms with E-state index in [1.807, 2.05) is 24.3 Å². The Morgan fingerprint density at radius 1 is 1.36 bits per heavy atom. The molecular weight excluding hydrogens is 178 g/mol. The summed E-state index contributed by atoms with van der Waals surface area (Å²) in [5, 5.41) is 11.8. The standard InChI is InChI=1S/C11H10NO2/c1-14-11-6-8(7-13)9-4-2-3-5-10(9)12-11/h2-6H,7H2,1H3. The van der Waals surface area contributed by atoms with Crippen LogP contribution in [0.4, 0.5) is 0 Å². The Hall–Kier alpha value is -1.61. The molecule has 0 N–H and O–H groups in total. The molecule has 0 amide bonds. The fourth-order valence-electron chi connectivity index (χ4n) is 1.44. The monoisotopic (exact) mass is 188 g/mol. The molecule has 0 spiro atoms. The molecule has 3 nitrogen and oxygen atoms in total. The van der Waals surface area contributed by atoms with Crippen molar-refractivity contribution in [3.63, 3.8) is 0 Å². The molecule has 2 aromatic rings. The molecule has 1 heterocycles. The third-order valence-electron chi connectivity index (χ3n) is 2.14. The number of aromatic nitrogens is 1. The van der Waals surface area contributed by atoms with Gasteiger partial charge in [0.25, 0.3) is 0 Å². The lowest BCUT2D eigenvalue weighted by Crippen LogP contribution is -1.92. The lowest BCUT2D eigenvalue weighted by atomic mass is 10.1. The van der Waals surface area contributed by atoms with Crippen molar-refractivity contribution in [2.45, 2.75) is 6.61 Å². The Kier molecular flexibility index (Phi) is 2.33. The molecule has 0 aliphatic carbocycles. The largest absolute Gasteiger partial charge is 0.481 e. The highest BCUT2D eigenvalue weighted by Crippen LogP contribution is 2.21. The van der Waals surface area contributed by atoms with Gasteiger partial charge in [0.1, 0.15) is 6.61 Å². The first-order valence-electron chi connectivity index (χ1n) is 4.36. The zero-order valence-corrected chi connectivity index (χ0v) is 7.86. The van der Waals surface area contributed by atoms with E-state index in [0.717, 1.165) is 16.5 Å². The second-order valence-corrected chi connectivity index (χ2v) is 2.99. The highest BCUT2D eigenvalue weighted by molar-refractivity contribution is 5.82. The molecule has 0 aliphatic rings. The summed E-state index contributed by atoms with van der Waals surface area (Å²) in [6, 6.07) is 9.25. The van der Waals surface area contributed by atoms with E-state index in [1.54, 1.807) is 13.2 Å². The van der Waals surface area contributed by atoms with E-state index in [2.05, 4.69) is 4.98 Å². The van der Waals surface area contributed by atoms with Crippen LogP contribution < -0.4 is 4.74 Å². The Morgan fingerprint density at radius 3 is 2.86 bits per heavy atom. The molecule has 1 aromatic carbocycles. The lowest BCUT2D eigenvalue weighted by Gasteiger charge is -2.05. The van der Waals surface area contributed by atoms with Crippen LogP contribution in [0.5, 0.6) is 5.88 Å². The number of ether oxygens (including phenoxy) is 1. The van der Waals surface area contributed by atoms with E-state index < -0.39 is 0 Å². The van der Waals surface area contributed by atoms with Gasteiger partial charge in [0.2, 0.25) is 5.88 Å². The van der Waals surface area contributed by atoms with E-state index in [1.165, 1.54) is 0 Å². The van der Waals surface area contributed by atoms with Crippen molar-refractivity contribution in [1.29, 1.82) is 0 Å². The van der Waals surface area contributed by atoms with Crippen LogP contribution in [-0.2, 0) is 11.7 Å². The van der Waals surface area contributed by atoms with E-state index in [0.29, 0.717) is 5.88 Å². The summed E-state index contributed by atoms with van der Waals surface area (Å²) < 4.78 is 5.01. The third kappa shape index (κ3) is 1.42. The first-order valence-corrected chi connectivity index (χ1v) is 4.36. The topological polar surface area (TPSA) is 42.0 Å². The fourth-order valence-corrected chi connectivity index (χ4v) is 1.44. The molecule has 1 aromatic heterocycles. The second-order valence-electron chi connectivity index (χ2n) is 2.99. The molecular formula is C11H10NO2. The maximum Gasteiger partial charge on any atom is 0.213 e. The summed E-state index contributed by atoms with van der Waals surface area (Å²) in [6.07, 6.45) is 0. The summed E-state index contributed by atoms with van der Waals surface area (Å²) in [4.78, 5) is 4.24. The summed E-state index contributed by atoms with van der Waals surface area (Å²) in [5.74, 6) is 0.495. The van der Waals surface area contributed by atoms with Crippen molar-refractivity contribution in [3.05, 3.63) is 35.9 Å². The molecule has 0 aliphatic heterocycles. The number of methoxy groups -OCH3 is 1. The molecule has 3 heteroatoms. The second kappa shape index (κ2) is 3.64. The fraction of sp³-hybridized carbons (Fsp3) is 0.182. The van der Waals surface area contributed by atoms with Gasteiger partial charge >= 0.3 is 0 Å². The van der Waals surface area contributed by atoms with Crippen molar-refractivity contribution < 1.29 is 9.84 Å². The minimum atomic E-state index is -0.251. The van der Waals surface area contributed by atoms with Crippen LogP contribution in [0.2, 0.25) is 0 Å². The van der Waals surface area contributed by atoms with Gasteiger partial charge in [-0.2, -0.15) is 0 Å². The molecule has 0 atom stereocenters. The third-order valence-corrected chi connectivity index (χ3v) is 2.14. The average Bonchev–Trinajstić information content (AvgIpc) is 2.27. The van der Waals surface area contributed by atoms with Crippen molar-refractivity contribution in [1.82, 2.24) is 4.98 Å². The van der Waals surface area contributed by atoms with Gasteiger partial charge in [-0.3, -0.25) is 0 Å². The van der Waals surface area contributed by atoms with E-state index in [4.69, 9.17) is 4.74 Å². The van der Waals surface area contributed by atoms with Crippen molar-refractivity contribution >= 4 is 10.9 Å². The molecule has 0 saturated carbocycles. The number of pyridine rings is 1. The zero-order chi connectivity index (χ0) is 9.97. The van der Waals surface area contributed by atoms with Gasteiger partial charge in [0.05, 0.1) is 12.6 Å². The molecule has 0 fully saturated rings. The Labute approximate surface area is 82.0 Å². The number of para-hydroxylation sites is 1. The SMILES string of the molecule is COc1cc(C[O])c2ccccc2n1. The van der Waals surface area contributed by atoms with Gasteiger partial charge in [-0.15, -0.1) is 0 Å². The van der Waals surface area contributed by atoms with Crippen LogP contribution in [0.25, 0.3) is 10.9 Å². The smallest absolute Gasteiger partial charge is 0.213 e. The number of fused-ring (bicyclic) bond motifs is 1. The summed E-state index contributed by atoms with van der Waals surface area (Å²) in [5.41, 5.74) is 1.53. The minimum absolute atomic E-state index is 0.251. The Balaban J connectivity index is 2.73. The van der Waals surface area contributed by atoms with Gasteiger partial charge in [-0.25, -0.2) is 10.1 Å². The molecule has 0 saturated heterocycles. The molecule has 2 rings (SSSR count). The Morgan fingerprint density at radius 2 is 2.14 bits per heavy atom. The maximum absolute atomic E-state index is 10.9. The highest BCUT2D eigenvalue weighted by atomic mass is 16.5. The first kappa shape index (κ1) is 8.97. The normalized spacial score (nSPS) is 10.4. The van der Waals surface area contributed by atoms with Gasteiger partial charge in [-0.1, -0.05) is 18.2 Å². The zero-order valence-electron chi connectivity index (χ0n) is 7.86.